The number of carbonyl (C=O) groups is 2. The summed E-state index contributed by atoms with van der Waals surface area (Å²) in [5.74, 6) is -1.73. The van der Waals surface area contributed by atoms with E-state index in [1.165, 1.54) is 0 Å². The van der Waals surface area contributed by atoms with E-state index in [-0.39, 0.29) is 41.6 Å². The van der Waals surface area contributed by atoms with E-state index in [2.05, 4.69) is 27.7 Å². The Balaban J connectivity index is 1.56. The van der Waals surface area contributed by atoms with Crippen molar-refractivity contribution in [2.45, 2.75) is 116 Å². The van der Waals surface area contributed by atoms with E-state index in [0.29, 0.717) is 19.3 Å². The van der Waals surface area contributed by atoms with Gasteiger partial charge in [0, 0.05) is 18.3 Å². The van der Waals surface area contributed by atoms with Gasteiger partial charge in [0.05, 0.1) is 31.7 Å². The van der Waals surface area contributed by atoms with Crippen molar-refractivity contribution in [3.63, 3.8) is 0 Å². The summed E-state index contributed by atoms with van der Waals surface area (Å²) in [4.78, 5) is 25.4. The van der Waals surface area contributed by atoms with Crippen LogP contribution < -0.4 is 0 Å². The molecule has 0 saturated carbocycles. The monoisotopic (exact) mass is 518 g/mol. The molecule has 1 aromatic rings. The van der Waals surface area contributed by atoms with Gasteiger partial charge in [0.1, 0.15) is 18.0 Å². The van der Waals surface area contributed by atoms with E-state index in [4.69, 9.17) is 18.9 Å². The quantitative estimate of drug-likeness (QED) is 0.532. The van der Waals surface area contributed by atoms with E-state index >= 15 is 0 Å². The summed E-state index contributed by atoms with van der Waals surface area (Å²) >= 11 is 0. The number of hydrogen-bond donors (Lipinski definition) is 2. The zero-order valence-corrected chi connectivity index (χ0v) is 22.5. The highest BCUT2D eigenvalue weighted by atomic mass is 16.7. The maximum absolute atomic E-state index is 12.8. The van der Waals surface area contributed by atoms with Gasteiger partial charge in [-0.05, 0) is 55.2 Å². The largest absolute Gasteiger partial charge is 0.508 e. The van der Waals surface area contributed by atoms with Gasteiger partial charge in [0.2, 0.25) is 0 Å². The Kier molecular flexibility index (Phi) is 8.22. The first-order valence-corrected chi connectivity index (χ1v) is 13.5. The molecule has 3 saturated heterocycles. The summed E-state index contributed by atoms with van der Waals surface area (Å²) in [6, 6.07) is 7.34. The molecule has 8 nitrogen and oxygen atoms in total. The number of esters is 2. The number of phenols is 1. The fourth-order valence-corrected chi connectivity index (χ4v) is 5.98. The van der Waals surface area contributed by atoms with Crippen LogP contribution in [-0.2, 0) is 35.0 Å². The van der Waals surface area contributed by atoms with Crippen LogP contribution in [0.15, 0.2) is 24.3 Å². The van der Waals surface area contributed by atoms with Crippen molar-refractivity contribution in [1.82, 2.24) is 0 Å². The number of aromatic hydroxyl groups is 1. The predicted octanol–water partition coefficient (Wildman–Crippen LogP) is 4.43. The molecule has 0 amide bonds. The maximum Gasteiger partial charge on any atom is 0.309 e. The second kappa shape index (κ2) is 10.9. The molecule has 3 bridgehead atoms. The Morgan fingerprint density at radius 1 is 1.05 bits per heavy atom. The van der Waals surface area contributed by atoms with Crippen LogP contribution >= 0.6 is 0 Å². The number of ether oxygens (including phenoxy) is 4. The molecule has 4 rings (SSSR count). The third kappa shape index (κ3) is 6.47. The molecule has 5 atom stereocenters. The van der Waals surface area contributed by atoms with Crippen LogP contribution in [0.1, 0.15) is 84.6 Å². The molecule has 3 aliphatic heterocycles. The lowest BCUT2D eigenvalue weighted by Crippen LogP contribution is -2.63. The van der Waals surface area contributed by atoms with E-state index in [1.807, 2.05) is 12.1 Å². The molecule has 8 heteroatoms. The Morgan fingerprint density at radius 3 is 2.54 bits per heavy atom. The van der Waals surface area contributed by atoms with Gasteiger partial charge in [-0.1, -0.05) is 39.8 Å². The van der Waals surface area contributed by atoms with Gasteiger partial charge in [0.15, 0.2) is 5.79 Å². The molecule has 0 aromatic heterocycles. The first kappa shape index (κ1) is 27.9. The standard InChI is InChI=1S/C29H42O8/c1-27(2,11-6-8-19-7-5-9-20(31)13-19)24-14-22-17-29(37-24)28(3,4)12-10-21(36-29)15-25(32)35-23(18-30)16-26(33)34-22/h5,7,9,13,21-24,30-31H,6,8,10-12,14-18H2,1-4H3/t21-,22-,23-,24+,29-/m1/s1. The molecule has 206 valence electrons. The minimum atomic E-state index is -0.998. The summed E-state index contributed by atoms with van der Waals surface area (Å²) in [5, 5.41) is 19.4. The molecule has 3 aliphatic rings. The lowest BCUT2D eigenvalue weighted by Gasteiger charge is -2.58. The molecular weight excluding hydrogens is 476 g/mol. The molecule has 1 spiro atoms. The van der Waals surface area contributed by atoms with Crippen molar-refractivity contribution in [3.8, 4) is 5.75 Å². The molecule has 0 radical (unpaired) electrons. The van der Waals surface area contributed by atoms with Gasteiger partial charge in [-0.2, -0.15) is 0 Å². The van der Waals surface area contributed by atoms with Crippen LogP contribution in [0.5, 0.6) is 5.75 Å². The highest BCUT2D eigenvalue weighted by molar-refractivity contribution is 5.73. The predicted molar refractivity (Wildman–Crippen MR) is 136 cm³/mol. The molecular formula is C29H42O8. The topological polar surface area (TPSA) is 112 Å². The van der Waals surface area contributed by atoms with Crippen molar-refractivity contribution >= 4 is 11.9 Å². The number of aryl methyl sites for hydroxylation is 1. The third-order valence-corrected chi connectivity index (χ3v) is 8.44. The first-order valence-electron chi connectivity index (χ1n) is 13.5. The lowest BCUT2D eigenvalue weighted by molar-refractivity contribution is -0.382. The summed E-state index contributed by atoms with van der Waals surface area (Å²) < 4.78 is 24.8. The molecule has 37 heavy (non-hydrogen) atoms. The van der Waals surface area contributed by atoms with Crippen LogP contribution in [0.3, 0.4) is 0 Å². The molecule has 0 unspecified atom stereocenters. The van der Waals surface area contributed by atoms with Crippen LogP contribution in [-0.4, -0.2) is 59.0 Å². The molecule has 1 aromatic carbocycles. The summed E-state index contributed by atoms with van der Waals surface area (Å²) in [6.07, 6.45) is 2.97. The van der Waals surface area contributed by atoms with Gasteiger partial charge in [-0.15, -0.1) is 0 Å². The number of cyclic esters (lactones) is 1. The fourth-order valence-electron chi connectivity index (χ4n) is 5.98. The lowest BCUT2D eigenvalue weighted by atomic mass is 9.69. The van der Waals surface area contributed by atoms with Crippen LogP contribution in [0, 0.1) is 10.8 Å². The molecule has 0 aliphatic carbocycles. The van der Waals surface area contributed by atoms with Crippen LogP contribution in [0.4, 0.5) is 0 Å². The second-order valence-electron chi connectivity index (χ2n) is 12.3. The average molecular weight is 519 g/mol. The van der Waals surface area contributed by atoms with Crippen molar-refractivity contribution in [2.75, 3.05) is 6.61 Å². The maximum atomic E-state index is 12.8. The number of aliphatic hydroxyl groups is 1. The smallest absolute Gasteiger partial charge is 0.309 e. The molecule has 3 fully saturated rings. The Morgan fingerprint density at radius 2 is 1.81 bits per heavy atom. The highest BCUT2D eigenvalue weighted by Gasteiger charge is 2.58. The van der Waals surface area contributed by atoms with E-state index in [1.54, 1.807) is 12.1 Å². The third-order valence-electron chi connectivity index (χ3n) is 8.44. The zero-order valence-electron chi connectivity index (χ0n) is 22.5. The van der Waals surface area contributed by atoms with Gasteiger partial charge < -0.3 is 29.2 Å². The fraction of sp³-hybridized carbons (Fsp3) is 0.724. The summed E-state index contributed by atoms with van der Waals surface area (Å²) in [5.41, 5.74) is 0.486. The van der Waals surface area contributed by atoms with E-state index in [0.717, 1.165) is 31.2 Å². The number of phenolic OH excluding ortho intramolecular Hbond substituents is 1. The average Bonchev–Trinajstić information content (AvgIpc) is 2.80. The normalized spacial score (nSPS) is 32.5. The minimum Gasteiger partial charge on any atom is -0.508 e. The summed E-state index contributed by atoms with van der Waals surface area (Å²) in [6.45, 7) is 8.14. The minimum absolute atomic E-state index is 0.0510. The number of hydrogen-bond acceptors (Lipinski definition) is 8. The Bertz CT molecular complexity index is 968. The van der Waals surface area contributed by atoms with Gasteiger partial charge in [-0.3, -0.25) is 9.59 Å². The van der Waals surface area contributed by atoms with E-state index < -0.39 is 36.5 Å². The van der Waals surface area contributed by atoms with Crippen molar-refractivity contribution in [2.24, 2.45) is 10.8 Å². The number of aliphatic hydroxyl groups excluding tert-OH is 1. The zero-order chi connectivity index (χ0) is 26.8. The number of rotatable bonds is 6. The van der Waals surface area contributed by atoms with Crippen molar-refractivity contribution in [1.29, 1.82) is 0 Å². The summed E-state index contributed by atoms with van der Waals surface area (Å²) in [7, 11) is 0. The Hall–Kier alpha value is -2.16. The van der Waals surface area contributed by atoms with Gasteiger partial charge in [0.25, 0.3) is 0 Å². The number of fused-ring (bicyclic) bond motifs is 2. The first-order chi connectivity index (χ1) is 17.4. The van der Waals surface area contributed by atoms with Crippen LogP contribution in [0.2, 0.25) is 0 Å². The van der Waals surface area contributed by atoms with Gasteiger partial charge >= 0.3 is 11.9 Å². The highest BCUT2D eigenvalue weighted by Crippen LogP contribution is 2.54. The van der Waals surface area contributed by atoms with E-state index in [9.17, 15) is 19.8 Å². The van der Waals surface area contributed by atoms with Gasteiger partial charge in [-0.25, -0.2) is 0 Å². The van der Waals surface area contributed by atoms with Crippen molar-refractivity contribution < 1.29 is 38.7 Å². The number of carbonyl (C=O) groups excluding carboxylic acids is 2. The molecule has 3 heterocycles. The second-order valence-corrected chi connectivity index (χ2v) is 12.3. The number of benzene rings is 1. The SMILES string of the molecule is CC(C)(CCCc1cccc(O)c1)[C@@H]1C[C@@H]2C[C@@]3(O[C@H](CCC3(C)C)CC(=O)O[C@@H](CO)CC(=O)O2)O1. The van der Waals surface area contributed by atoms with Crippen molar-refractivity contribution in [3.05, 3.63) is 29.8 Å². The Labute approximate surface area is 219 Å². The van der Waals surface area contributed by atoms with Crippen LogP contribution in [0.25, 0.3) is 0 Å². The molecule has 2 N–H and O–H groups in total.